The van der Waals surface area contributed by atoms with Gasteiger partial charge in [-0.2, -0.15) is 0 Å². The van der Waals surface area contributed by atoms with E-state index in [0.29, 0.717) is 0 Å². The first-order valence-electron chi connectivity index (χ1n) is 10.8. The minimum Gasteiger partial charge on any atom is -0.456 e. The van der Waals surface area contributed by atoms with E-state index in [4.69, 9.17) is 4.42 Å². The summed E-state index contributed by atoms with van der Waals surface area (Å²) in [6.45, 7) is 0. The first kappa shape index (κ1) is 18.5. The molecule has 0 unspecified atom stereocenters. The molecule has 0 saturated heterocycles. The van der Waals surface area contributed by atoms with Gasteiger partial charge < -0.3 is 9.32 Å². The van der Waals surface area contributed by atoms with Crippen molar-refractivity contribution in [3.63, 3.8) is 0 Å². The van der Waals surface area contributed by atoms with Crippen LogP contribution in [0.5, 0.6) is 0 Å². The van der Waals surface area contributed by atoms with Gasteiger partial charge in [-0.1, -0.05) is 78.9 Å². The van der Waals surface area contributed by atoms with Crippen LogP contribution in [0.1, 0.15) is 0 Å². The normalized spacial score (nSPS) is 11.1. The molecule has 0 aliphatic carbocycles. The number of nitrogens with zero attached hydrogens (tertiary/aromatic N) is 1. The van der Waals surface area contributed by atoms with Crippen molar-refractivity contribution in [2.45, 2.75) is 0 Å². The number of rotatable bonds is 4. The fourth-order valence-corrected chi connectivity index (χ4v) is 4.31. The molecule has 0 aliphatic heterocycles. The first-order valence-corrected chi connectivity index (χ1v) is 10.8. The number of furan rings is 1. The fraction of sp³-hybridized carbons (Fsp3) is 0. The smallest absolute Gasteiger partial charge is 0.137 e. The van der Waals surface area contributed by atoms with Crippen LogP contribution in [0.4, 0.5) is 17.1 Å². The van der Waals surface area contributed by atoms with E-state index in [2.05, 4.69) is 108 Å². The van der Waals surface area contributed by atoms with Crippen molar-refractivity contribution in [3.8, 4) is 11.3 Å². The maximum atomic E-state index is 6.26. The standard InChI is InChI=1S/C30H21NO/c1-2-13-25(14-3-1)31(26-19-18-22-10-4-5-11-23(22)20-26)28-16-8-7-15-27(28)30-21-24-12-6-9-17-29(24)32-30/h1-21H. The maximum absolute atomic E-state index is 6.26. The Bertz CT molecular complexity index is 1500. The second-order valence-corrected chi connectivity index (χ2v) is 7.87. The van der Waals surface area contributed by atoms with Gasteiger partial charge in [-0.25, -0.2) is 0 Å². The molecule has 152 valence electrons. The topological polar surface area (TPSA) is 16.4 Å². The van der Waals surface area contributed by atoms with E-state index in [1.54, 1.807) is 0 Å². The van der Waals surface area contributed by atoms with E-state index < -0.39 is 0 Å². The molecule has 1 heterocycles. The summed E-state index contributed by atoms with van der Waals surface area (Å²) < 4.78 is 6.26. The van der Waals surface area contributed by atoms with Gasteiger partial charge in [-0.15, -0.1) is 0 Å². The van der Waals surface area contributed by atoms with Crippen molar-refractivity contribution in [3.05, 3.63) is 127 Å². The average molecular weight is 412 g/mol. The predicted octanol–water partition coefficient (Wildman–Crippen LogP) is 8.72. The first-order chi connectivity index (χ1) is 15.9. The van der Waals surface area contributed by atoms with Gasteiger partial charge >= 0.3 is 0 Å². The van der Waals surface area contributed by atoms with E-state index in [9.17, 15) is 0 Å². The molecular formula is C30H21NO. The van der Waals surface area contributed by atoms with E-state index in [0.717, 1.165) is 39.4 Å². The quantitative estimate of drug-likeness (QED) is 0.288. The van der Waals surface area contributed by atoms with Gasteiger partial charge in [0.05, 0.1) is 5.69 Å². The number of fused-ring (bicyclic) bond motifs is 2. The monoisotopic (exact) mass is 411 g/mol. The lowest BCUT2D eigenvalue weighted by molar-refractivity contribution is 0.631. The fourth-order valence-electron chi connectivity index (χ4n) is 4.31. The van der Waals surface area contributed by atoms with Crippen molar-refractivity contribution < 1.29 is 4.42 Å². The number of hydrogen-bond acceptors (Lipinski definition) is 2. The molecule has 0 saturated carbocycles. The molecule has 2 heteroatoms. The van der Waals surface area contributed by atoms with Crippen LogP contribution >= 0.6 is 0 Å². The van der Waals surface area contributed by atoms with Crippen molar-refractivity contribution in [2.75, 3.05) is 4.90 Å². The lowest BCUT2D eigenvalue weighted by Gasteiger charge is -2.27. The van der Waals surface area contributed by atoms with Crippen LogP contribution in [0, 0.1) is 0 Å². The molecule has 1 aromatic heterocycles. The Kier molecular flexibility index (Phi) is 4.47. The highest BCUT2D eigenvalue weighted by atomic mass is 16.3. The largest absolute Gasteiger partial charge is 0.456 e. The Hall–Kier alpha value is -4.30. The van der Waals surface area contributed by atoms with Gasteiger partial charge in [0.25, 0.3) is 0 Å². The molecule has 6 aromatic rings. The lowest BCUT2D eigenvalue weighted by atomic mass is 10.1. The van der Waals surface area contributed by atoms with Crippen LogP contribution in [-0.4, -0.2) is 0 Å². The summed E-state index contributed by atoms with van der Waals surface area (Å²) in [4.78, 5) is 2.30. The van der Waals surface area contributed by atoms with E-state index in [1.165, 1.54) is 10.8 Å². The highest BCUT2D eigenvalue weighted by Gasteiger charge is 2.19. The Morgan fingerprint density at radius 3 is 2.00 bits per heavy atom. The zero-order valence-electron chi connectivity index (χ0n) is 17.5. The van der Waals surface area contributed by atoms with Crippen LogP contribution in [0.3, 0.4) is 0 Å². The minimum atomic E-state index is 0.864. The number of hydrogen-bond donors (Lipinski definition) is 0. The third kappa shape index (κ3) is 3.23. The highest BCUT2D eigenvalue weighted by molar-refractivity contribution is 5.93. The summed E-state index contributed by atoms with van der Waals surface area (Å²) in [5.41, 5.74) is 5.24. The van der Waals surface area contributed by atoms with E-state index in [1.807, 2.05) is 24.3 Å². The molecule has 5 aromatic carbocycles. The average Bonchev–Trinajstić information content (AvgIpc) is 3.29. The Balaban J connectivity index is 1.58. The number of anilines is 3. The van der Waals surface area contributed by atoms with Gasteiger partial charge in [0.1, 0.15) is 11.3 Å². The highest BCUT2D eigenvalue weighted by Crippen LogP contribution is 2.42. The van der Waals surface area contributed by atoms with Crippen molar-refractivity contribution >= 4 is 38.8 Å². The molecule has 2 nitrogen and oxygen atoms in total. The van der Waals surface area contributed by atoms with E-state index >= 15 is 0 Å². The molecule has 0 aliphatic rings. The molecule has 0 radical (unpaired) electrons. The molecule has 0 bridgehead atoms. The molecule has 0 fully saturated rings. The summed E-state index contributed by atoms with van der Waals surface area (Å²) in [5, 5.41) is 3.55. The van der Waals surface area contributed by atoms with Crippen molar-refractivity contribution in [1.82, 2.24) is 0 Å². The summed E-state index contributed by atoms with van der Waals surface area (Å²) in [6, 6.07) is 44.3. The van der Waals surface area contributed by atoms with Crippen LogP contribution in [-0.2, 0) is 0 Å². The molecule has 6 rings (SSSR count). The van der Waals surface area contributed by atoms with Crippen molar-refractivity contribution in [1.29, 1.82) is 0 Å². The molecule has 0 N–H and O–H groups in total. The predicted molar refractivity (Wildman–Crippen MR) is 134 cm³/mol. The molecule has 32 heavy (non-hydrogen) atoms. The molecule has 0 amide bonds. The summed E-state index contributed by atoms with van der Waals surface area (Å²) >= 11 is 0. The van der Waals surface area contributed by atoms with Crippen molar-refractivity contribution in [2.24, 2.45) is 0 Å². The van der Waals surface area contributed by atoms with Gasteiger partial charge in [0, 0.05) is 22.3 Å². The summed E-state index contributed by atoms with van der Waals surface area (Å²) in [6.07, 6.45) is 0. The Morgan fingerprint density at radius 2 is 1.16 bits per heavy atom. The van der Waals surface area contributed by atoms with Crippen LogP contribution in [0.25, 0.3) is 33.1 Å². The molecular weight excluding hydrogens is 390 g/mol. The van der Waals surface area contributed by atoms with Crippen LogP contribution in [0.2, 0.25) is 0 Å². The van der Waals surface area contributed by atoms with Crippen LogP contribution < -0.4 is 4.90 Å². The third-order valence-electron chi connectivity index (χ3n) is 5.84. The Morgan fingerprint density at radius 1 is 0.469 bits per heavy atom. The number of benzene rings is 5. The maximum Gasteiger partial charge on any atom is 0.137 e. The second kappa shape index (κ2) is 7.75. The van der Waals surface area contributed by atoms with Gasteiger partial charge in [-0.3, -0.25) is 0 Å². The van der Waals surface area contributed by atoms with E-state index in [-0.39, 0.29) is 0 Å². The lowest BCUT2D eigenvalue weighted by Crippen LogP contribution is -2.11. The Labute approximate surface area is 187 Å². The molecule has 0 atom stereocenters. The third-order valence-corrected chi connectivity index (χ3v) is 5.84. The zero-order valence-corrected chi connectivity index (χ0v) is 17.5. The summed E-state index contributed by atoms with van der Waals surface area (Å²) in [5.74, 6) is 0.864. The molecule has 0 spiro atoms. The number of para-hydroxylation sites is 3. The van der Waals surface area contributed by atoms with Gasteiger partial charge in [0.15, 0.2) is 0 Å². The SMILES string of the molecule is c1ccc(N(c2ccc3ccccc3c2)c2ccccc2-c2cc3ccccc3o2)cc1. The zero-order chi connectivity index (χ0) is 21.3. The summed E-state index contributed by atoms with van der Waals surface area (Å²) in [7, 11) is 0. The van der Waals surface area contributed by atoms with Crippen LogP contribution in [0.15, 0.2) is 132 Å². The minimum absolute atomic E-state index is 0.864. The second-order valence-electron chi connectivity index (χ2n) is 7.87. The van der Waals surface area contributed by atoms with Gasteiger partial charge in [0.2, 0.25) is 0 Å². The van der Waals surface area contributed by atoms with Gasteiger partial charge in [-0.05, 0) is 59.3 Å².